The first-order valence-corrected chi connectivity index (χ1v) is 7.03. The monoisotopic (exact) mass is 256 g/mol. The van der Waals surface area contributed by atoms with Crippen molar-refractivity contribution in [2.24, 2.45) is 0 Å². The van der Waals surface area contributed by atoms with Crippen LogP contribution in [0.15, 0.2) is 24.3 Å². The molecule has 0 radical (unpaired) electrons. The van der Waals surface area contributed by atoms with Crippen LogP contribution in [0, 0.1) is 11.3 Å². The fourth-order valence-corrected chi connectivity index (χ4v) is 2.76. The minimum absolute atomic E-state index is 0.117. The summed E-state index contributed by atoms with van der Waals surface area (Å²) < 4.78 is 0. The summed E-state index contributed by atoms with van der Waals surface area (Å²) in [5.41, 5.74) is 1.63. The van der Waals surface area contributed by atoms with Gasteiger partial charge in [-0.25, -0.2) is 0 Å². The van der Waals surface area contributed by atoms with Crippen molar-refractivity contribution in [3.8, 4) is 6.07 Å². The van der Waals surface area contributed by atoms with Crippen molar-refractivity contribution in [1.29, 1.82) is 5.26 Å². The van der Waals surface area contributed by atoms with Crippen molar-refractivity contribution in [3.63, 3.8) is 0 Å². The SMILES string of the molecule is CCC1CCCCN1C(=O)c1cccc(CC#N)c1. The van der Waals surface area contributed by atoms with E-state index < -0.39 is 0 Å². The Morgan fingerprint density at radius 1 is 1.47 bits per heavy atom. The number of likely N-dealkylation sites (tertiary alicyclic amines) is 1. The first-order valence-electron chi connectivity index (χ1n) is 7.03. The standard InChI is InChI=1S/C16H20N2O/c1-2-15-8-3-4-11-18(15)16(19)14-7-5-6-13(12-14)9-10-17/h5-7,12,15H,2-4,8-9,11H2,1H3. The van der Waals surface area contributed by atoms with Crippen molar-refractivity contribution in [2.45, 2.75) is 45.1 Å². The van der Waals surface area contributed by atoms with Crippen LogP contribution < -0.4 is 0 Å². The number of amides is 1. The highest BCUT2D eigenvalue weighted by molar-refractivity contribution is 5.94. The average Bonchev–Trinajstić information content (AvgIpc) is 2.47. The second-order valence-corrected chi connectivity index (χ2v) is 5.09. The zero-order chi connectivity index (χ0) is 13.7. The van der Waals surface area contributed by atoms with E-state index in [4.69, 9.17) is 5.26 Å². The summed E-state index contributed by atoms with van der Waals surface area (Å²) in [5.74, 6) is 0.117. The molecule has 0 spiro atoms. The molecule has 0 N–H and O–H groups in total. The quantitative estimate of drug-likeness (QED) is 0.833. The zero-order valence-corrected chi connectivity index (χ0v) is 11.4. The molecule has 1 aromatic rings. The second-order valence-electron chi connectivity index (χ2n) is 5.09. The molecular formula is C16H20N2O. The van der Waals surface area contributed by atoms with Crippen LogP contribution in [0.3, 0.4) is 0 Å². The van der Waals surface area contributed by atoms with Gasteiger partial charge in [-0.3, -0.25) is 4.79 Å². The van der Waals surface area contributed by atoms with Gasteiger partial charge < -0.3 is 4.90 Å². The maximum absolute atomic E-state index is 12.6. The molecule has 0 bridgehead atoms. The third-order valence-corrected chi connectivity index (χ3v) is 3.82. The van der Waals surface area contributed by atoms with Gasteiger partial charge >= 0.3 is 0 Å². The summed E-state index contributed by atoms with van der Waals surface area (Å²) in [4.78, 5) is 14.6. The molecule has 1 saturated heterocycles. The minimum atomic E-state index is 0.117. The van der Waals surface area contributed by atoms with Crippen LogP contribution in [0.1, 0.15) is 48.5 Å². The highest BCUT2D eigenvalue weighted by Crippen LogP contribution is 2.22. The summed E-state index contributed by atoms with van der Waals surface area (Å²) in [6.45, 7) is 3.00. The maximum atomic E-state index is 12.6. The van der Waals surface area contributed by atoms with Crippen molar-refractivity contribution in [3.05, 3.63) is 35.4 Å². The lowest BCUT2D eigenvalue weighted by Crippen LogP contribution is -2.43. The fourth-order valence-electron chi connectivity index (χ4n) is 2.76. The van der Waals surface area contributed by atoms with Crippen molar-refractivity contribution in [2.75, 3.05) is 6.54 Å². The highest BCUT2D eigenvalue weighted by Gasteiger charge is 2.26. The third-order valence-electron chi connectivity index (χ3n) is 3.82. The number of piperidine rings is 1. The largest absolute Gasteiger partial charge is 0.336 e. The highest BCUT2D eigenvalue weighted by atomic mass is 16.2. The predicted octanol–water partition coefficient (Wildman–Crippen LogP) is 3.16. The lowest BCUT2D eigenvalue weighted by Gasteiger charge is -2.35. The Bertz CT molecular complexity index is 490. The zero-order valence-electron chi connectivity index (χ0n) is 11.4. The molecule has 1 amide bonds. The van der Waals surface area contributed by atoms with Gasteiger partial charge in [0.15, 0.2) is 0 Å². The van der Waals surface area contributed by atoms with Gasteiger partial charge in [-0.2, -0.15) is 5.26 Å². The van der Waals surface area contributed by atoms with Gasteiger partial charge in [0, 0.05) is 18.2 Å². The van der Waals surface area contributed by atoms with E-state index in [2.05, 4.69) is 13.0 Å². The van der Waals surface area contributed by atoms with Crippen LogP contribution in [0.5, 0.6) is 0 Å². The normalized spacial score (nSPS) is 18.9. The molecule has 1 aliphatic rings. The molecule has 1 unspecified atom stereocenters. The van der Waals surface area contributed by atoms with E-state index in [1.807, 2.05) is 29.2 Å². The summed E-state index contributed by atoms with van der Waals surface area (Å²) in [6, 6.07) is 9.97. The maximum Gasteiger partial charge on any atom is 0.254 e. The lowest BCUT2D eigenvalue weighted by atomic mass is 9.98. The van der Waals surface area contributed by atoms with E-state index >= 15 is 0 Å². The summed E-state index contributed by atoms with van der Waals surface area (Å²) in [6.07, 6.45) is 4.80. The number of nitriles is 1. The summed E-state index contributed by atoms with van der Waals surface area (Å²) >= 11 is 0. The average molecular weight is 256 g/mol. The van der Waals surface area contributed by atoms with Gasteiger partial charge in [-0.1, -0.05) is 19.1 Å². The summed E-state index contributed by atoms with van der Waals surface area (Å²) in [7, 11) is 0. The van der Waals surface area contributed by atoms with Crippen molar-refractivity contribution in [1.82, 2.24) is 4.90 Å². The molecule has 0 saturated carbocycles. The molecule has 3 heteroatoms. The van der Waals surface area contributed by atoms with Crippen LogP contribution in [0.4, 0.5) is 0 Å². The predicted molar refractivity (Wildman–Crippen MR) is 74.7 cm³/mol. The molecule has 2 rings (SSSR count). The molecule has 1 atom stereocenters. The lowest BCUT2D eigenvalue weighted by molar-refractivity contribution is 0.0608. The first-order chi connectivity index (χ1) is 9.26. The van der Waals surface area contributed by atoms with Gasteiger partial charge in [0.05, 0.1) is 12.5 Å². The molecule has 1 fully saturated rings. The van der Waals surface area contributed by atoms with Crippen LogP contribution in [0.25, 0.3) is 0 Å². The van der Waals surface area contributed by atoms with Gasteiger partial charge in [0.25, 0.3) is 5.91 Å². The number of rotatable bonds is 3. The van der Waals surface area contributed by atoms with Crippen LogP contribution in [0.2, 0.25) is 0 Å². The Morgan fingerprint density at radius 3 is 3.05 bits per heavy atom. The number of hydrogen-bond donors (Lipinski definition) is 0. The smallest absolute Gasteiger partial charge is 0.254 e. The van der Waals surface area contributed by atoms with E-state index in [0.29, 0.717) is 18.0 Å². The van der Waals surface area contributed by atoms with Gasteiger partial charge in [0.2, 0.25) is 0 Å². The van der Waals surface area contributed by atoms with Crippen LogP contribution >= 0.6 is 0 Å². The van der Waals surface area contributed by atoms with Crippen LogP contribution in [-0.4, -0.2) is 23.4 Å². The fraction of sp³-hybridized carbons (Fsp3) is 0.500. The molecular weight excluding hydrogens is 236 g/mol. The Labute approximate surface area is 114 Å². The van der Waals surface area contributed by atoms with E-state index in [1.165, 1.54) is 6.42 Å². The van der Waals surface area contributed by atoms with Gasteiger partial charge in [0.1, 0.15) is 0 Å². The first kappa shape index (κ1) is 13.6. The summed E-state index contributed by atoms with van der Waals surface area (Å²) in [5, 5.41) is 8.73. The van der Waals surface area contributed by atoms with Gasteiger partial charge in [-0.15, -0.1) is 0 Å². The molecule has 19 heavy (non-hydrogen) atoms. The Balaban J connectivity index is 2.18. The van der Waals surface area contributed by atoms with Gasteiger partial charge in [-0.05, 0) is 43.4 Å². The minimum Gasteiger partial charge on any atom is -0.336 e. The second kappa shape index (κ2) is 6.38. The molecule has 1 heterocycles. The van der Waals surface area contributed by atoms with Crippen molar-refractivity contribution < 1.29 is 4.79 Å². The number of hydrogen-bond acceptors (Lipinski definition) is 2. The molecule has 0 aromatic heterocycles. The topological polar surface area (TPSA) is 44.1 Å². The molecule has 1 aromatic carbocycles. The van der Waals surface area contributed by atoms with E-state index in [-0.39, 0.29) is 5.91 Å². The van der Waals surface area contributed by atoms with E-state index in [1.54, 1.807) is 0 Å². The number of benzene rings is 1. The Hall–Kier alpha value is -1.82. The molecule has 0 aliphatic carbocycles. The third kappa shape index (κ3) is 3.14. The number of carbonyl (C=O) groups is 1. The molecule has 1 aliphatic heterocycles. The number of nitrogens with zero attached hydrogens (tertiary/aromatic N) is 2. The van der Waals surface area contributed by atoms with Crippen molar-refractivity contribution >= 4 is 5.91 Å². The Kier molecular flexibility index (Phi) is 4.57. The number of carbonyl (C=O) groups excluding carboxylic acids is 1. The Morgan fingerprint density at radius 2 is 2.32 bits per heavy atom. The van der Waals surface area contributed by atoms with Crippen LogP contribution in [-0.2, 0) is 6.42 Å². The van der Waals surface area contributed by atoms with E-state index in [0.717, 1.165) is 31.4 Å². The molecule has 100 valence electrons. The molecule has 3 nitrogen and oxygen atoms in total. The van der Waals surface area contributed by atoms with E-state index in [9.17, 15) is 4.79 Å².